The van der Waals surface area contributed by atoms with E-state index in [2.05, 4.69) is 0 Å². The van der Waals surface area contributed by atoms with E-state index >= 15 is 0 Å². The van der Waals surface area contributed by atoms with E-state index in [1.165, 1.54) is 0 Å². The van der Waals surface area contributed by atoms with E-state index in [1.807, 2.05) is 39.0 Å². The minimum absolute atomic E-state index is 0.334. The molecule has 0 N–H and O–H groups in total. The van der Waals surface area contributed by atoms with Crippen LogP contribution in [0.25, 0.3) is 0 Å². The number of rotatable bonds is 4. The lowest BCUT2D eigenvalue weighted by atomic mass is 10.2. The first kappa shape index (κ1) is 15.0. The van der Waals surface area contributed by atoms with Crippen LogP contribution < -0.4 is 0 Å². The van der Waals surface area contributed by atoms with Gasteiger partial charge >= 0.3 is 5.97 Å². The zero-order valence-electron chi connectivity index (χ0n) is 11.2. The van der Waals surface area contributed by atoms with Crippen LogP contribution in [-0.4, -0.2) is 17.7 Å². The second kappa shape index (κ2) is 6.21. The second-order valence-electron chi connectivity index (χ2n) is 5.12. The molecule has 18 heavy (non-hydrogen) atoms. The quantitative estimate of drug-likeness (QED) is 0.785. The molecule has 0 bridgehead atoms. The van der Waals surface area contributed by atoms with Gasteiger partial charge in [0, 0.05) is 5.02 Å². The molecule has 1 unspecified atom stereocenters. The Kier molecular flexibility index (Phi) is 5.17. The zero-order valence-corrected chi connectivity index (χ0v) is 12.0. The summed E-state index contributed by atoms with van der Waals surface area (Å²) >= 11 is 5.86. The van der Waals surface area contributed by atoms with E-state index in [1.54, 1.807) is 13.0 Å². The first-order valence-corrected chi connectivity index (χ1v) is 6.24. The number of benzene rings is 1. The number of hydrogen-bond acceptors (Lipinski definition) is 3. The van der Waals surface area contributed by atoms with Gasteiger partial charge in [-0.3, -0.25) is 0 Å². The molecule has 0 saturated carbocycles. The first-order chi connectivity index (χ1) is 8.28. The van der Waals surface area contributed by atoms with Crippen molar-refractivity contribution in [3.8, 4) is 0 Å². The SMILES string of the molecule is CC(OCc1cccc(Cl)c1)C(=O)OC(C)(C)C. The van der Waals surface area contributed by atoms with Crippen LogP contribution in [0.5, 0.6) is 0 Å². The Hall–Kier alpha value is -1.06. The third kappa shape index (κ3) is 5.52. The summed E-state index contributed by atoms with van der Waals surface area (Å²) in [5, 5.41) is 0.654. The van der Waals surface area contributed by atoms with Gasteiger partial charge in [-0.05, 0) is 45.4 Å². The molecule has 3 nitrogen and oxygen atoms in total. The number of hydrogen-bond donors (Lipinski definition) is 0. The van der Waals surface area contributed by atoms with E-state index in [4.69, 9.17) is 21.1 Å². The fourth-order valence-corrected chi connectivity index (χ4v) is 1.51. The van der Waals surface area contributed by atoms with Gasteiger partial charge in [0.15, 0.2) is 6.10 Å². The summed E-state index contributed by atoms with van der Waals surface area (Å²) in [6.45, 7) is 7.50. The molecule has 0 aliphatic rings. The largest absolute Gasteiger partial charge is 0.458 e. The molecule has 100 valence electrons. The molecular weight excluding hydrogens is 252 g/mol. The van der Waals surface area contributed by atoms with E-state index in [9.17, 15) is 4.79 Å². The fourth-order valence-electron chi connectivity index (χ4n) is 1.30. The Bertz CT molecular complexity index is 410. The van der Waals surface area contributed by atoms with Gasteiger partial charge in [-0.15, -0.1) is 0 Å². The summed E-state index contributed by atoms with van der Waals surface area (Å²) < 4.78 is 10.7. The highest BCUT2D eigenvalue weighted by atomic mass is 35.5. The molecule has 0 aliphatic heterocycles. The molecule has 0 radical (unpaired) electrons. The zero-order chi connectivity index (χ0) is 13.8. The normalized spacial score (nSPS) is 13.2. The van der Waals surface area contributed by atoms with E-state index in [0.717, 1.165) is 5.56 Å². The van der Waals surface area contributed by atoms with Gasteiger partial charge in [0.1, 0.15) is 5.60 Å². The molecule has 0 aliphatic carbocycles. The van der Waals surface area contributed by atoms with Gasteiger partial charge in [-0.25, -0.2) is 4.79 Å². The summed E-state index contributed by atoms with van der Waals surface area (Å²) in [5.41, 5.74) is 0.433. The van der Waals surface area contributed by atoms with Crippen molar-refractivity contribution < 1.29 is 14.3 Å². The molecule has 1 atom stereocenters. The van der Waals surface area contributed by atoms with Crippen molar-refractivity contribution in [1.29, 1.82) is 0 Å². The van der Waals surface area contributed by atoms with Gasteiger partial charge in [-0.1, -0.05) is 23.7 Å². The summed E-state index contributed by atoms with van der Waals surface area (Å²) in [5.74, 6) is -0.357. The highest BCUT2D eigenvalue weighted by molar-refractivity contribution is 6.30. The van der Waals surface area contributed by atoms with Crippen LogP contribution in [0.15, 0.2) is 24.3 Å². The van der Waals surface area contributed by atoms with Crippen LogP contribution in [0.2, 0.25) is 5.02 Å². The number of carbonyl (C=O) groups excluding carboxylic acids is 1. The lowest BCUT2D eigenvalue weighted by Gasteiger charge is -2.22. The maximum absolute atomic E-state index is 11.7. The summed E-state index contributed by atoms with van der Waals surface area (Å²) in [6, 6.07) is 7.35. The molecule has 0 spiro atoms. The molecule has 0 heterocycles. The van der Waals surface area contributed by atoms with E-state index in [0.29, 0.717) is 11.6 Å². The Morgan fingerprint density at radius 1 is 1.39 bits per heavy atom. The predicted molar refractivity (Wildman–Crippen MR) is 71.5 cm³/mol. The maximum Gasteiger partial charge on any atom is 0.335 e. The number of carbonyl (C=O) groups is 1. The lowest BCUT2D eigenvalue weighted by molar-refractivity contribution is -0.168. The van der Waals surface area contributed by atoms with Crippen molar-refractivity contribution in [3.05, 3.63) is 34.9 Å². The molecule has 0 fully saturated rings. The molecule has 0 saturated heterocycles. The molecule has 1 aromatic carbocycles. The molecular formula is C14H19ClO3. The van der Waals surface area contributed by atoms with Crippen molar-refractivity contribution in [3.63, 3.8) is 0 Å². The summed E-state index contributed by atoms with van der Waals surface area (Å²) in [4.78, 5) is 11.7. The van der Waals surface area contributed by atoms with Crippen molar-refractivity contribution >= 4 is 17.6 Å². The van der Waals surface area contributed by atoms with Crippen molar-refractivity contribution in [1.82, 2.24) is 0 Å². The second-order valence-corrected chi connectivity index (χ2v) is 5.55. The van der Waals surface area contributed by atoms with Gasteiger partial charge in [0.05, 0.1) is 6.61 Å². The number of halogens is 1. The van der Waals surface area contributed by atoms with Crippen molar-refractivity contribution in [2.75, 3.05) is 0 Å². The smallest absolute Gasteiger partial charge is 0.335 e. The highest BCUT2D eigenvalue weighted by Gasteiger charge is 2.22. The highest BCUT2D eigenvalue weighted by Crippen LogP contribution is 2.14. The van der Waals surface area contributed by atoms with E-state index in [-0.39, 0.29) is 5.97 Å². The van der Waals surface area contributed by atoms with Crippen LogP contribution in [0.4, 0.5) is 0 Å². The van der Waals surface area contributed by atoms with Crippen LogP contribution in [0.3, 0.4) is 0 Å². The van der Waals surface area contributed by atoms with Crippen LogP contribution in [0, 0.1) is 0 Å². The topological polar surface area (TPSA) is 35.5 Å². The van der Waals surface area contributed by atoms with Crippen LogP contribution in [-0.2, 0) is 20.9 Å². The monoisotopic (exact) mass is 270 g/mol. The Labute approximate surface area is 113 Å². The van der Waals surface area contributed by atoms with Crippen LogP contribution >= 0.6 is 11.6 Å². The van der Waals surface area contributed by atoms with E-state index < -0.39 is 11.7 Å². The third-order valence-electron chi connectivity index (χ3n) is 2.13. The minimum Gasteiger partial charge on any atom is -0.458 e. The number of esters is 1. The van der Waals surface area contributed by atoms with Gasteiger partial charge in [0.25, 0.3) is 0 Å². The standard InChI is InChI=1S/C14H19ClO3/c1-10(13(16)18-14(2,3)4)17-9-11-6-5-7-12(15)8-11/h5-8,10H,9H2,1-4H3. The average molecular weight is 271 g/mol. The number of ether oxygens (including phenoxy) is 2. The first-order valence-electron chi connectivity index (χ1n) is 5.87. The maximum atomic E-state index is 11.7. The van der Waals surface area contributed by atoms with Crippen molar-refractivity contribution in [2.45, 2.75) is 46.0 Å². The Morgan fingerprint density at radius 3 is 2.61 bits per heavy atom. The Balaban J connectivity index is 2.46. The van der Waals surface area contributed by atoms with Crippen molar-refractivity contribution in [2.24, 2.45) is 0 Å². The molecule has 0 aromatic heterocycles. The summed E-state index contributed by atoms with van der Waals surface area (Å²) in [6.07, 6.45) is -0.594. The lowest BCUT2D eigenvalue weighted by Crippen LogP contribution is -2.31. The molecule has 0 amide bonds. The minimum atomic E-state index is -0.594. The van der Waals surface area contributed by atoms with Crippen LogP contribution in [0.1, 0.15) is 33.3 Å². The van der Waals surface area contributed by atoms with Gasteiger partial charge < -0.3 is 9.47 Å². The van der Waals surface area contributed by atoms with Gasteiger partial charge in [0.2, 0.25) is 0 Å². The molecule has 4 heteroatoms. The predicted octanol–water partition coefficient (Wildman–Crippen LogP) is 3.59. The van der Waals surface area contributed by atoms with Gasteiger partial charge in [-0.2, -0.15) is 0 Å². The summed E-state index contributed by atoms with van der Waals surface area (Å²) in [7, 11) is 0. The molecule has 1 aromatic rings. The molecule has 1 rings (SSSR count). The fraction of sp³-hybridized carbons (Fsp3) is 0.500. The average Bonchev–Trinajstić information content (AvgIpc) is 2.23. The Morgan fingerprint density at radius 2 is 2.06 bits per heavy atom. The third-order valence-corrected chi connectivity index (χ3v) is 2.36.